The van der Waals surface area contributed by atoms with E-state index < -0.39 is 290 Å². The molecule has 0 bridgehead atoms. The number of hydrogen-bond acceptors (Lipinski definition) is 26. The molecule has 2 fully saturated rings. The van der Waals surface area contributed by atoms with E-state index in [9.17, 15) is 142 Å². The van der Waals surface area contributed by atoms with Crippen molar-refractivity contribution in [2.75, 3.05) is 32.8 Å². The molecule has 0 radical (unpaired) electrons. The number of amides is 17. The van der Waals surface area contributed by atoms with Crippen LogP contribution in [0.5, 0.6) is 5.75 Å². The van der Waals surface area contributed by atoms with Crippen LogP contribution in [0.4, 0.5) is 0 Å². The molecule has 724 valence electrons. The van der Waals surface area contributed by atoms with E-state index in [0.29, 0.717) is 11.1 Å². The highest BCUT2D eigenvalue weighted by atomic mass is 16.4. The molecular formula is C82H122N20O29. The minimum Gasteiger partial charge on any atom is -0.508 e. The van der Waals surface area contributed by atoms with Gasteiger partial charge in [0.25, 0.3) is 0 Å². The van der Waals surface area contributed by atoms with E-state index in [1.165, 1.54) is 52.0 Å². The summed E-state index contributed by atoms with van der Waals surface area (Å²) in [6.45, 7) is 9.73. The summed E-state index contributed by atoms with van der Waals surface area (Å²) in [5.41, 5.74) is 11.7. The number of phenols is 1. The fourth-order valence-electron chi connectivity index (χ4n) is 14.0. The minimum atomic E-state index is -2.13. The Hall–Kier alpha value is -13.7. The summed E-state index contributed by atoms with van der Waals surface area (Å²) in [5, 5.41) is 123. The number of nitrogens with one attached hydrogen (secondary N) is 16. The van der Waals surface area contributed by atoms with E-state index in [1.54, 1.807) is 44.2 Å². The van der Waals surface area contributed by atoms with Crippen LogP contribution in [0.15, 0.2) is 54.6 Å². The minimum absolute atomic E-state index is 0.00183. The Morgan fingerprint density at radius 2 is 0.802 bits per heavy atom. The van der Waals surface area contributed by atoms with Crippen molar-refractivity contribution >= 4 is 130 Å². The predicted octanol–water partition coefficient (Wildman–Crippen LogP) is -8.25. The highest BCUT2D eigenvalue weighted by Crippen LogP contribution is 2.24. The normalized spacial score (nSPS) is 16.9. The molecule has 0 unspecified atom stereocenters. The number of likely N-dealkylation sites (tertiary alicyclic amines) is 2. The number of hydrogen-bond donors (Lipinski definition) is 26. The molecule has 17 atom stereocenters. The number of rotatable bonds is 54. The van der Waals surface area contributed by atoms with Gasteiger partial charge in [-0.1, -0.05) is 84.0 Å². The molecule has 0 spiro atoms. The van der Waals surface area contributed by atoms with Crippen LogP contribution < -0.4 is 91.2 Å². The first-order valence-electron chi connectivity index (χ1n) is 42.3. The Kier molecular flexibility index (Phi) is 44.6. The summed E-state index contributed by atoms with van der Waals surface area (Å²) >= 11 is 0. The third kappa shape index (κ3) is 36.4. The number of aliphatic carboxylic acids is 4. The molecule has 0 saturated carbocycles. The molecular weight excluding hydrogens is 1730 g/mol. The third-order valence-electron chi connectivity index (χ3n) is 20.9. The van der Waals surface area contributed by atoms with Gasteiger partial charge in [-0.15, -0.1) is 0 Å². The SMILES string of the molecule is CC(=O)N[C@@H](CC(=O)O)C(=O)N[C@H](C(=O)N[C@@H](CO)C(=O)N[C@H](C(=O)N[C@@H](CO)C(=O)N[C@@H](CCC(N)=O)C(=O)N[C@@H](C)C(=O)N[C@H](C(=O)N[C@@H](CC(C)C)C(=O)N1CCC[C@H]1C(=O)N[C@@H](CC(=O)O)C(=O)N[C@@H](CC(=O)O)C(=O)N[C@@H](Cc1ccccc1)C(=O)N1CCC[C@H]1C(=O)N[C@@H](CCCNC(=N)N)C(=O)N[C@@H](Cc1ccc(O)cc1)C(=O)O)C(C)C)[C@@H](C)O)C(C)C. The molecule has 0 aromatic heterocycles. The van der Waals surface area contributed by atoms with E-state index in [2.05, 4.69) is 79.8 Å². The van der Waals surface area contributed by atoms with Gasteiger partial charge in [0.05, 0.1) is 38.6 Å². The zero-order valence-corrected chi connectivity index (χ0v) is 73.9. The van der Waals surface area contributed by atoms with Crippen molar-refractivity contribution in [1.82, 2.24) is 89.6 Å². The number of benzene rings is 2. The van der Waals surface area contributed by atoms with Crippen LogP contribution >= 0.6 is 0 Å². The topological polar surface area (TPSA) is 783 Å². The molecule has 131 heavy (non-hydrogen) atoms. The number of carbonyl (C=O) groups excluding carboxylic acids is 17. The summed E-state index contributed by atoms with van der Waals surface area (Å²) in [4.78, 5) is 286. The quantitative estimate of drug-likeness (QED) is 0.0166. The Morgan fingerprint density at radius 1 is 0.427 bits per heavy atom. The lowest BCUT2D eigenvalue weighted by Crippen LogP contribution is -2.63. The number of phenolic OH excluding ortho intramolecular Hbond substituents is 1. The maximum absolute atomic E-state index is 14.9. The van der Waals surface area contributed by atoms with Gasteiger partial charge in [-0.05, 0) is 106 Å². The van der Waals surface area contributed by atoms with Gasteiger partial charge in [-0.25, -0.2) is 4.79 Å². The maximum atomic E-state index is 14.9. The lowest BCUT2D eigenvalue weighted by atomic mass is 9.99. The first-order valence-corrected chi connectivity index (χ1v) is 42.3. The average Bonchev–Trinajstić information content (AvgIpc) is 1.71. The standard InChI is InChI=1S/C82H122N20O29/c1-38(2)30-52(94-76(125)63(39(3)4)98-66(115)41(7)87-67(116)48(25-26-59(83)108)89-72(121)55(36-103)97-78(127)65(42(8)105)100-73(122)56(37-104)96-77(126)64(40(5)6)99-71(120)49(33-60(109)110)88-43(9)106)79(128)101-28-15-20-58(101)75(124)92-51(35-62(113)114)69(118)91-50(34-61(111)112)70(119)93-53(31-44-16-11-10-12-17-44)80(129)102-29-14-19-57(102)74(123)90-47(18-13-27-86-82(84)85)68(117)95-54(81(130)131)32-45-21-23-46(107)24-22-45/h10-12,16-17,21-24,38-42,47-58,63-65,103-105,107H,13-15,18-20,25-37H2,1-9H3,(H2,83,108)(H,87,116)(H,88,106)(H,89,121)(H,90,123)(H,91,118)(H,92,124)(H,93,119)(H,94,125)(H,95,117)(H,96,126)(H,97,127)(H,98,115)(H,99,120)(H,100,122)(H,109,110)(H,111,112)(H,113,114)(H,130,131)(H4,84,85,86)/t41-,42+,47-,48-,49-,50-,51-,52-,53-,54-,55-,56-,57-,58-,63-,64-,65-/m0/s1. The number of carboxylic acids is 4. The summed E-state index contributed by atoms with van der Waals surface area (Å²) in [6, 6.07) is -13.8. The molecule has 28 N–H and O–H groups in total. The molecule has 2 aliphatic heterocycles. The van der Waals surface area contributed by atoms with E-state index in [-0.39, 0.29) is 89.1 Å². The van der Waals surface area contributed by atoms with Crippen LogP contribution in [0.3, 0.4) is 0 Å². The Labute approximate surface area is 752 Å². The smallest absolute Gasteiger partial charge is 0.326 e. The number of aliphatic hydroxyl groups is 3. The molecule has 49 nitrogen and oxygen atoms in total. The molecule has 4 rings (SSSR count). The fraction of sp³-hybridized carbons (Fsp3) is 0.585. The summed E-state index contributed by atoms with van der Waals surface area (Å²) in [7, 11) is 0. The fourth-order valence-corrected chi connectivity index (χ4v) is 14.0. The van der Waals surface area contributed by atoms with E-state index in [1.807, 2.05) is 0 Å². The van der Waals surface area contributed by atoms with Crippen LogP contribution in [0.1, 0.15) is 150 Å². The van der Waals surface area contributed by atoms with Gasteiger partial charge >= 0.3 is 23.9 Å². The number of carboxylic acid groups (broad SMARTS) is 4. The molecule has 17 amide bonds. The molecule has 2 aliphatic rings. The zero-order chi connectivity index (χ0) is 98.5. The molecule has 2 aromatic rings. The van der Waals surface area contributed by atoms with Crippen molar-refractivity contribution in [3.63, 3.8) is 0 Å². The molecule has 0 aliphatic carbocycles. The summed E-state index contributed by atoms with van der Waals surface area (Å²) in [6.07, 6.45) is -6.87. The van der Waals surface area contributed by atoms with Crippen LogP contribution in [-0.2, 0) is 114 Å². The van der Waals surface area contributed by atoms with Gasteiger partial charge in [0.2, 0.25) is 100 Å². The van der Waals surface area contributed by atoms with Crippen LogP contribution in [0, 0.1) is 23.2 Å². The first-order chi connectivity index (χ1) is 61.5. The number of guanidine groups is 1. The van der Waals surface area contributed by atoms with Crippen LogP contribution in [0.2, 0.25) is 0 Å². The van der Waals surface area contributed by atoms with Gasteiger partial charge in [0, 0.05) is 45.8 Å². The van der Waals surface area contributed by atoms with Crippen LogP contribution in [-0.4, -0.2) is 317 Å². The molecule has 2 heterocycles. The third-order valence-corrected chi connectivity index (χ3v) is 20.9. The van der Waals surface area contributed by atoms with Gasteiger partial charge < -0.3 is 142 Å². The number of aliphatic hydroxyl groups excluding tert-OH is 3. The van der Waals surface area contributed by atoms with E-state index in [0.717, 1.165) is 30.6 Å². The number of aromatic hydroxyl groups is 1. The number of primary amides is 1. The number of nitrogens with zero attached hydrogens (tertiary/aromatic N) is 2. The van der Waals surface area contributed by atoms with Gasteiger partial charge in [-0.3, -0.25) is 101 Å². The lowest BCUT2D eigenvalue weighted by Gasteiger charge is -2.32. The lowest BCUT2D eigenvalue weighted by molar-refractivity contribution is -0.145. The second-order valence-electron chi connectivity index (χ2n) is 32.8. The largest absolute Gasteiger partial charge is 0.508 e. The average molecular weight is 1850 g/mol. The number of carbonyl (C=O) groups is 21. The monoisotopic (exact) mass is 1850 g/mol. The Balaban J connectivity index is 1.50. The second kappa shape index (κ2) is 53.3. The Morgan fingerprint density at radius 3 is 1.26 bits per heavy atom. The van der Waals surface area contributed by atoms with Crippen LogP contribution in [0.25, 0.3) is 0 Å². The summed E-state index contributed by atoms with van der Waals surface area (Å²) in [5.74, 6) is -27.6. The maximum Gasteiger partial charge on any atom is 0.326 e. The van der Waals surface area contributed by atoms with Gasteiger partial charge in [0.1, 0.15) is 102 Å². The van der Waals surface area contributed by atoms with E-state index in [4.69, 9.17) is 16.9 Å². The highest BCUT2D eigenvalue weighted by molar-refractivity contribution is 6.03. The van der Waals surface area contributed by atoms with Gasteiger partial charge in [0.15, 0.2) is 5.96 Å². The van der Waals surface area contributed by atoms with Crippen molar-refractivity contribution in [2.24, 2.45) is 29.2 Å². The van der Waals surface area contributed by atoms with E-state index >= 15 is 0 Å². The Bertz CT molecular complexity index is 4410. The summed E-state index contributed by atoms with van der Waals surface area (Å²) < 4.78 is 0. The zero-order valence-electron chi connectivity index (χ0n) is 73.9. The van der Waals surface area contributed by atoms with Crippen molar-refractivity contribution in [2.45, 2.75) is 255 Å². The second-order valence-corrected chi connectivity index (χ2v) is 32.8. The number of nitrogens with two attached hydrogens (primary N) is 2. The highest BCUT2D eigenvalue weighted by Gasteiger charge is 2.45. The first kappa shape index (κ1) is 110. The van der Waals surface area contributed by atoms with Crippen molar-refractivity contribution < 1.29 is 142 Å². The molecule has 2 saturated heterocycles. The van der Waals surface area contributed by atoms with Gasteiger partial charge in [-0.2, -0.15) is 0 Å². The van der Waals surface area contributed by atoms with Crippen molar-refractivity contribution in [3.8, 4) is 5.75 Å². The molecule has 2 aromatic carbocycles. The van der Waals surface area contributed by atoms with Crippen molar-refractivity contribution in [1.29, 1.82) is 5.41 Å². The predicted molar refractivity (Wildman–Crippen MR) is 457 cm³/mol. The molecule has 49 heteroatoms. The van der Waals surface area contributed by atoms with Crippen molar-refractivity contribution in [3.05, 3.63) is 65.7 Å².